The average molecular weight is 365 g/mol. The monoisotopic (exact) mass is 365 g/mol. The zero-order valence-electron chi connectivity index (χ0n) is 14.9. The molecule has 1 aliphatic heterocycles. The Balaban J connectivity index is 2.41. The minimum atomic E-state index is -3.91. The molecule has 0 aromatic heterocycles. The Hall–Kier alpha value is -2.15. The number of carbonyl (C=O) groups excluding carboxylic acids is 2. The maximum absolute atomic E-state index is 12.9. The lowest BCUT2D eigenvalue weighted by molar-refractivity contribution is -0.148. The predicted molar refractivity (Wildman–Crippen MR) is 93.2 cm³/mol. The van der Waals surface area contributed by atoms with Crippen molar-refractivity contribution in [1.82, 2.24) is 4.31 Å². The second kappa shape index (κ2) is 7.00. The van der Waals surface area contributed by atoms with Gasteiger partial charge in [-0.3, -0.25) is 9.10 Å². The number of ether oxygens (including phenoxy) is 1. The van der Waals surface area contributed by atoms with Gasteiger partial charge in [0.25, 0.3) is 10.0 Å². The van der Waals surface area contributed by atoms with E-state index < -0.39 is 21.6 Å². The molecule has 1 heterocycles. The summed E-state index contributed by atoms with van der Waals surface area (Å²) < 4.78 is 32.0. The maximum Gasteiger partial charge on any atom is 0.333 e. The molecule has 1 fully saturated rings. The van der Waals surface area contributed by atoms with E-state index >= 15 is 0 Å². The first-order valence-corrected chi connectivity index (χ1v) is 9.52. The van der Waals surface area contributed by atoms with E-state index in [0.29, 0.717) is 6.42 Å². The predicted octanol–water partition coefficient (Wildman–Crippen LogP) is 2.57. The Kier molecular flexibility index (Phi) is 5.37. The van der Waals surface area contributed by atoms with Crippen LogP contribution in [-0.4, -0.2) is 36.6 Å². The van der Waals surface area contributed by atoms with Gasteiger partial charge in [0.2, 0.25) is 0 Å². The fourth-order valence-electron chi connectivity index (χ4n) is 2.45. The van der Waals surface area contributed by atoms with Crippen molar-refractivity contribution in [2.75, 3.05) is 6.54 Å². The molecule has 1 aromatic carbocycles. The minimum absolute atomic E-state index is 0.0860. The number of Topliss-reactive ketones (excluding diaryl/α,β-unsaturated/α-hetero) is 1. The normalized spacial score (nSPS) is 17.7. The molecule has 1 aliphatic rings. The fraction of sp³-hybridized carbons (Fsp3) is 0.444. The van der Waals surface area contributed by atoms with Crippen molar-refractivity contribution in [3.63, 3.8) is 0 Å². The van der Waals surface area contributed by atoms with Gasteiger partial charge in [0.15, 0.2) is 5.78 Å². The first-order valence-electron chi connectivity index (χ1n) is 8.08. The minimum Gasteiger partial charge on any atom is -0.457 e. The summed E-state index contributed by atoms with van der Waals surface area (Å²) in [6, 6.07) is 6.37. The molecule has 0 bridgehead atoms. The molecule has 0 unspecified atom stereocenters. The van der Waals surface area contributed by atoms with E-state index in [9.17, 15) is 18.0 Å². The summed E-state index contributed by atoms with van der Waals surface area (Å²) in [6.45, 7) is 7.11. The zero-order valence-corrected chi connectivity index (χ0v) is 15.7. The number of allylic oxidation sites excluding steroid dienone is 1. The summed E-state index contributed by atoms with van der Waals surface area (Å²) in [5, 5.41) is 0. The molecule has 0 atom stereocenters. The molecule has 0 amide bonds. The fourth-order valence-corrected chi connectivity index (χ4v) is 3.97. The maximum atomic E-state index is 12.9. The molecule has 0 saturated carbocycles. The number of rotatable bonds is 3. The molecule has 0 spiro atoms. The molecule has 0 aliphatic carbocycles. The number of sulfonamides is 1. The third-order valence-corrected chi connectivity index (χ3v) is 5.42. The first kappa shape index (κ1) is 19.2. The van der Waals surface area contributed by atoms with Crippen LogP contribution in [0, 0.1) is 6.92 Å². The molecule has 7 heteroatoms. The average Bonchev–Trinajstić information content (AvgIpc) is 2.47. The molecule has 1 aromatic rings. The van der Waals surface area contributed by atoms with Crippen LogP contribution in [0.1, 0.15) is 39.2 Å². The van der Waals surface area contributed by atoms with Crippen LogP contribution in [0.15, 0.2) is 40.9 Å². The van der Waals surface area contributed by atoms with Crippen LogP contribution < -0.4 is 0 Å². The van der Waals surface area contributed by atoms with Gasteiger partial charge >= 0.3 is 5.97 Å². The Bertz CT molecular complexity index is 801. The lowest BCUT2D eigenvalue weighted by atomic mass is 10.1. The van der Waals surface area contributed by atoms with Crippen LogP contribution >= 0.6 is 0 Å². The molecule has 25 heavy (non-hydrogen) atoms. The molecular formula is C18H23NO5S. The zero-order chi connectivity index (χ0) is 18.8. The van der Waals surface area contributed by atoms with Crippen molar-refractivity contribution >= 4 is 21.8 Å². The van der Waals surface area contributed by atoms with Crippen LogP contribution in [0.25, 0.3) is 0 Å². The van der Waals surface area contributed by atoms with Gasteiger partial charge in [-0.25, -0.2) is 13.2 Å². The smallest absolute Gasteiger partial charge is 0.333 e. The SMILES string of the molecule is Cc1ccc(S(=O)(=O)N2CCCC(=O)/C2=C/C(=O)OC(C)(C)C)cc1. The number of aryl methyl sites for hydroxylation is 1. The third kappa shape index (κ3) is 4.69. The second-order valence-corrected chi connectivity index (χ2v) is 8.84. The standard InChI is InChI=1S/C18H23NO5S/c1-13-7-9-14(10-8-13)25(22,23)19-11-5-6-16(20)15(19)12-17(21)24-18(2,3)4/h7-10,12H,5-6,11H2,1-4H3/b15-12-. The Morgan fingerprint density at radius 1 is 1.20 bits per heavy atom. The van der Waals surface area contributed by atoms with Gasteiger partial charge in [-0.1, -0.05) is 17.7 Å². The summed E-state index contributed by atoms with van der Waals surface area (Å²) in [5.74, 6) is -1.12. The van der Waals surface area contributed by atoms with Crippen LogP contribution in [0.3, 0.4) is 0 Å². The number of ketones is 1. The molecule has 0 radical (unpaired) electrons. The number of esters is 1. The molecule has 136 valence electrons. The van der Waals surface area contributed by atoms with Gasteiger partial charge in [0.05, 0.1) is 11.0 Å². The topological polar surface area (TPSA) is 80.8 Å². The van der Waals surface area contributed by atoms with Gasteiger partial charge in [-0.2, -0.15) is 0 Å². The summed E-state index contributed by atoms with van der Waals surface area (Å²) in [4.78, 5) is 24.4. The number of hydrogen-bond donors (Lipinski definition) is 0. The number of piperidine rings is 1. The van der Waals surface area contributed by atoms with Crippen molar-refractivity contribution in [2.45, 2.75) is 51.0 Å². The van der Waals surface area contributed by atoms with E-state index in [4.69, 9.17) is 4.74 Å². The van der Waals surface area contributed by atoms with Crippen LogP contribution in [0.5, 0.6) is 0 Å². The highest BCUT2D eigenvalue weighted by molar-refractivity contribution is 7.89. The largest absolute Gasteiger partial charge is 0.457 e. The molecule has 6 nitrogen and oxygen atoms in total. The van der Waals surface area contributed by atoms with E-state index in [1.807, 2.05) is 6.92 Å². The highest BCUT2D eigenvalue weighted by atomic mass is 32.2. The second-order valence-electron chi connectivity index (χ2n) is 6.98. The summed E-state index contributed by atoms with van der Waals surface area (Å²) in [7, 11) is -3.91. The van der Waals surface area contributed by atoms with Gasteiger partial charge < -0.3 is 4.74 Å². The van der Waals surface area contributed by atoms with Crippen molar-refractivity contribution in [3.05, 3.63) is 41.6 Å². The highest BCUT2D eigenvalue weighted by Crippen LogP contribution is 2.26. The van der Waals surface area contributed by atoms with Crippen LogP contribution in [0.4, 0.5) is 0 Å². The van der Waals surface area contributed by atoms with Gasteiger partial charge in [0.1, 0.15) is 11.3 Å². The van der Waals surface area contributed by atoms with Crippen molar-refractivity contribution in [3.8, 4) is 0 Å². The Labute approximate surface area is 148 Å². The Morgan fingerprint density at radius 3 is 2.36 bits per heavy atom. The van der Waals surface area contributed by atoms with Crippen LogP contribution in [0.2, 0.25) is 0 Å². The summed E-state index contributed by atoms with van der Waals surface area (Å²) >= 11 is 0. The van der Waals surface area contributed by atoms with E-state index in [0.717, 1.165) is 15.9 Å². The third-order valence-electron chi connectivity index (χ3n) is 3.59. The number of hydrogen-bond acceptors (Lipinski definition) is 5. The quantitative estimate of drug-likeness (QED) is 0.607. The highest BCUT2D eigenvalue weighted by Gasteiger charge is 2.34. The lowest BCUT2D eigenvalue weighted by Gasteiger charge is -2.30. The van der Waals surface area contributed by atoms with Gasteiger partial charge in [0, 0.05) is 13.0 Å². The molecule has 1 saturated heterocycles. The lowest BCUT2D eigenvalue weighted by Crippen LogP contribution is -2.39. The van der Waals surface area contributed by atoms with Gasteiger partial charge in [-0.05, 0) is 46.2 Å². The van der Waals surface area contributed by atoms with Gasteiger partial charge in [-0.15, -0.1) is 0 Å². The van der Waals surface area contributed by atoms with E-state index in [2.05, 4.69) is 0 Å². The number of nitrogens with zero attached hydrogens (tertiary/aromatic N) is 1. The van der Waals surface area contributed by atoms with Crippen LogP contribution in [-0.2, 0) is 24.3 Å². The number of benzene rings is 1. The summed E-state index contributed by atoms with van der Waals surface area (Å²) in [5.41, 5.74) is 0.0613. The first-order chi connectivity index (χ1) is 11.5. The number of carbonyl (C=O) groups is 2. The molecule has 0 N–H and O–H groups in total. The molecule has 2 rings (SSSR count). The van der Waals surface area contributed by atoms with E-state index in [1.165, 1.54) is 12.1 Å². The summed E-state index contributed by atoms with van der Waals surface area (Å²) in [6.07, 6.45) is 1.60. The molecular weight excluding hydrogens is 342 g/mol. The van der Waals surface area contributed by atoms with E-state index in [-0.39, 0.29) is 29.3 Å². The van der Waals surface area contributed by atoms with Crippen molar-refractivity contribution in [2.24, 2.45) is 0 Å². The Morgan fingerprint density at radius 2 is 1.80 bits per heavy atom. The van der Waals surface area contributed by atoms with Crippen molar-refractivity contribution < 1.29 is 22.7 Å². The van der Waals surface area contributed by atoms with E-state index in [1.54, 1.807) is 32.9 Å². The van der Waals surface area contributed by atoms with Crippen molar-refractivity contribution in [1.29, 1.82) is 0 Å².